The summed E-state index contributed by atoms with van der Waals surface area (Å²) in [4.78, 5) is 0. The molecule has 0 bridgehead atoms. The zero-order valence-electron chi connectivity index (χ0n) is 33.9. The number of allylic oxidation sites excluding steroid dienone is 3. The number of aromatic nitrogens is 4. The molecule has 0 atom stereocenters. The lowest BCUT2D eigenvalue weighted by Gasteiger charge is -2.28. The van der Waals surface area contributed by atoms with Crippen LogP contribution in [0.4, 0.5) is 0 Å². The van der Waals surface area contributed by atoms with E-state index in [4.69, 9.17) is 0 Å². The van der Waals surface area contributed by atoms with Crippen LogP contribution in [0.5, 0.6) is 0 Å². The van der Waals surface area contributed by atoms with Crippen molar-refractivity contribution in [2.75, 3.05) is 0 Å². The number of fused-ring (bicyclic) bond motifs is 12. The first-order chi connectivity index (χ1) is 30.8. The molecular formula is C56H38N6. The molecule has 0 spiro atoms. The average Bonchev–Trinajstić information content (AvgIpc) is 4.06. The van der Waals surface area contributed by atoms with E-state index < -0.39 is 0 Å². The van der Waals surface area contributed by atoms with Gasteiger partial charge in [0, 0.05) is 44.0 Å². The minimum Gasteiger partial charge on any atom is -0.307 e. The van der Waals surface area contributed by atoms with Crippen molar-refractivity contribution in [3.05, 3.63) is 184 Å². The van der Waals surface area contributed by atoms with Gasteiger partial charge in [0.05, 0.1) is 50.3 Å². The topological polar surface area (TPSA) is 67.3 Å². The lowest BCUT2D eigenvalue weighted by atomic mass is 9.94. The summed E-state index contributed by atoms with van der Waals surface area (Å²) >= 11 is 0. The highest BCUT2D eigenvalue weighted by Gasteiger charge is 2.36. The Hall–Kier alpha value is -8.06. The Morgan fingerprint density at radius 3 is 1.11 bits per heavy atom. The molecule has 3 aliphatic rings. The molecular weight excluding hydrogens is 757 g/mol. The largest absolute Gasteiger partial charge is 0.307 e. The first-order valence-corrected chi connectivity index (χ1v) is 21.7. The van der Waals surface area contributed by atoms with Crippen molar-refractivity contribution in [1.82, 2.24) is 18.3 Å². The Morgan fingerprint density at radius 1 is 0.339 bits per heavy atom. The van der Waals surface area contributed by atoms with Crippen LogP contribution in [-0.2, 0) is 19.3 Å². The Bertz CT molecular complexity index is 3630. The maximum absolute atomic E-state index is 12.2. The van der Waals surface area contributed by atoms with Gasteiger partial charge in [0.15, 0.2) is 0 Å². The lowest BCUT2D eigenvalue weighted by Crippen LogP contribution is -2.19. The number of aryl methyl sites for hydroxylation is 1. The normalized spacial score (nSPS) is 14.2. The Morgan fingerprint density at radius 2 is 0.677 bits per heavy atom. The van der Waals surface area contributed by atoms with E-state index in [0.717, 1.165) is 122 Å². The summed E-state index contributed by atoms with van der Waals surface area (Å²) < 4.78 is 9.31. The van der Waals surface area contributed by atoms with Crippen molar-refractivity contribution in [2.24, 2.45) is 0 Å². The highest BCUT2D eigenvalue weighted by atomic mass is 15.1. The molecule has 0 saturated carbocycles. The molecule has 0 radical (unpaired) electrons. The predicted octanol–water partition coefficient (Wildman–Crippen LogP) is 13.2. The van der Waals surface area contributed by atoms with Crippen LogP contribution in [-0.4, -0.2) is 18.3 Å². The lowest BCUT2D eigenvalue weighted by molar-refractivity contribution is 0.922. The summed E-state index contributed by atoms with van der Waals surface area (Å²) in [5, 5.41) is 29.8. The third kappa shape index (κ3) is 4.56. The monoisotopic (exact) mass is 794 g/mol. The van der Waals surface area contributed by atoms with Gasteiger partial charge in [-0.1, -0.05) is 109 Å². The molecule has 0 fully saturated rings. The first kappa shape index (κ1) is 34.8. The average molecular weight is 795 g/mol. The molecule has 0 aliphatic heterocycles. The van der Waals surface area contributed by atoms with Crippen LogP contribution in [0.15, 0.2) is 140 Å². The zero-order chi connectivity index (χ0) is 41.1. The van der Waals surface area contributed by atoms with Crippen molar-refractivity contribution in [3.63, 3.8) is 0 Å². The molecule has 0 saturated heterocycles. The number of rotatable bonds is 4. The molecule has 292 valence electrons. The van der Waals surface area contributed by atoms with Crippen molar-refractivity contribution in [3.8, 4) is 34.9 Å². The summed E-state index contributed by atoms with van der Waals surface area (Å²) in [5.74, 6) is 0. The van der Waals surface area contributed by atoms with Gasteiger partial charge in [-0.25, -0.2) is 0 Å². The number of hydrogen-bond acceptors (Lipinski definition) is 2. The van der Waals surface area contributed by atoms with E-state index in [1.807, 2.05) is 0 Å². The van der Waals surface area contributed by atoms with E-state index in [2.05, 4.69) is 188 Å². The summed E-state index contributed by atoms with van der Waals surface area (Å²) in [6.07, 6.45) is 19.3. The molecule has 62 heavy (non-hydrogen) atoms. The SMILES string of the molecule is N#Cc1c(-n2c3c(c4c2C=CCC4)CCC=C3)c(-n2c3ccccc3c3ccccc32)c(-n2c3c(c4ccccc42)CCC=C3)c(C#N)c1-n1c2ccccc2c2ccccc21. The van der Waals surface area contributed by atoms with Crippen LogP contribution in [0.3, 0.4) is 0 Å². The second-order valence-corrected chi connectivity index (χ2v) is 16.7. The van der Waals surface area contributed by atoms with E-state index in [9.17, 15) is 10.5 Å². The predicted molar refractivity (Wildman–Crippen MR) is 253 cm³/mol. The number of nitriles is 2. The highest BCUT2D eigenvalue weighted by molar-refractivity contribution is 6.12. The van der Waals surface area contributed by atoms with Gasteiger partial charge in [0.2, 0.25) is 0 Å². The highest BCUT2D eigenvalue weighted by Crippen LogP contribution is 2.49. The van der Waals surface area contributed by atoms with Gasteiger partial charge < -0.3 is 18.3 Å². The van der Waals surface area contributed by atoms with Gasteiger partial charge in [-0.2, -0.15) is 10.5 Å². The standard InChI is InChI=1S/C56H38N6/c57-33-43-53(59-45-25-9-1-17-35(45)36-18-2-10-26-46(36)59)44(34-58)55(61-49-29-13-5-21-39(49)40-22-6-14-30-50(40)61)56(62-51-31-15-7-23-41(51)42-24-8-16-32-52(42)62)54(43)60-47-27-11-3-19-37(47)38-20-4-12-28-48(38)60/h1-3,7-19,23-32H,4-6,20-22H2. The van der Waals surface area contributed by atoms with Crippen LogP contribution in [0.25, 0.3) is 95.5 Å². The van der Waals surface area contributed by atoms with Gasteiger partial charge in [-0.05, 0) is 104 Å². The minimum absolute atomic E-state index is 0.442. The summed E-state index contributed by atoms with van der Waals surface area (Å²) in [6.45, 7) is 0. The summed E-state index contributed by atoms with van der Waals surface area (Å²) in [6, 6.07) is 48.3. The zero-order valence-corrected chi connectivity index (χ0v) is 33.9. The molecule has 4 aromatic heterocycles. The smallest absolute Gasteiger partial charge is 0.104 e. The molecule has 0 N–H and O–H groups in total. The fraction of sp³-hybridized carbons (Fsp3) is 0.107. The van der Waals surface area contributed by atoms with Crippen molar-refractivity contribution in [1.29, 1.82) is 10.5 Å². The van der Waals surface area contributed by atoms with Gasteiger partial charge in [0.25, 0.3) is 0 Å². The number of nitrogens with zero attached hydrogens (tertiary/aromatic N) is 6. The van der Waals surface area contributed by atoms with Crippen LogP contribution < -0.4 is 0 Å². The molecule has 6 heteroatoms. The second kappa shape index (κ2) is 13.2. The van der Waals surface area contributed by atoms with E-state index in [-0.39, 0.29) is 0 Å². The number of para-hydroxylation sites is 5. The van der Waals surface area contributed by atoms with Gasteiger partial charge >= 0.3 is 0 Å². The Labute approximate surface area is 358 Å². The third-order valence-corrected chi connectivity index (χ3v) is 13.7. The van der Waals surface area contributed by atoms with Crippen molar-refractivity contribution < 1.29 is 0 Å². The molecule has 6 nitrogen and oxygen atoms in total. The quantitative estimate of drug-likeness (QED) is 0.178. The third-order valence-electron chi connectivity index (χ3n) is 13.7. The first-order valence-electron chi connectivity index (χ1n) is 21.7. The molecule has 3 aliphatic carbocycles. The summed E-state index contributed by atoms with van der Waals surface area (Å²) in [5.41, 5.74) is 16.0. The number of hydrogen-bond donors (Lipinski definition) is 0. The molecule has 13 rings (SSSR count). The van der Waals surface area contributed by atoms with Gasteiger partial charge in [0.1, 0.15) is 23.3 Å². The van der Waals surface area contributed by atoms with Crippen LogP contribution in [0.2, 0.25) is 0 Å². The van der Waals surface area contributed by atoms with Gasteiger partial charge in [-0.3, -0.25) is 0 Å². The Balaban J connectivity index is 1.37. The maximum Gasteiger partial charge on any atom is 0.104 e. The van der Waals surface area contributed by atoms with Gasteiger partial charge in [-0.15, -0.1) is 0 Å². The fourth-order valence-corrected chi connectivity index (χ4v) is 11.2. The van der Waals surface area contributed by atoms with E-state index in [1.54, 1.807) is 0 Å². The van der Waals surface area contributed by atoms with E-state index in [1.165, 1.54) is 22.1 Å². The molecule has 4 heterocycles. The van der Waals surface area contributed by atoms with Crippen LogP contribution in [0.1, 0.15) is 64.2 Å². The van der Waals surface area contributed by atoms with E-state index >= 15 is 0 Å². The summed E-state index contributed by atoms with van der Waals surface area (Å²) in [7, 11) is 0. The molecule has 0 amide bonds. The fourth-order valence-electron chi connectivity index (χ4n) is 11.2. The van der Waals surface area contributed by atoms with Crippen LogP contribution in [0, 0.1) is 22.7 Å². The van der Waals surface area contributed by atoms with Crippen molar-refractivity contribution in [2.45, 2.75) is 38.5 Å². The minimum atomic E-state index is 0.442. The van der Waals surface area contributed by atoms with Crippen LogP contribution >= 0.6 is 0 Å². The molecule has 6 aromatic carbocycles. The Kier molecular flexibility index (Phi) is 7.41. The van der Waals surface area contributed by atoms with Crippen molar-refractivity contribution >= 4 is 72.7 Å². The maximum atomic E-state index is 12.2. The van der Waals surface area contributed by atoms with E-state index in [0.29, 0.717) is 16.8 Å². The number of benzene rings is 6. The molecule has 10 aromatic rings. The molecule has 0 unspecified atom stereocenters. The second-order valence-electron chi connectivity index (χ2n) is 16.7.